The summed E-state index contributed by atoms with van der Waals surface area (Å²) in [5.41, 5.74) is 1.65. The van der Waals surface area contributed by atoms with Gasteiger partial charge in [-0.2, -0.15) is 0 Å². The van der Waals surface area contributed by atoms with Gasteiger partial charge >= 0.3 is 5.97 Å². The van der Waals surface area contributed by atoms with Gasteiger partial charge in [-0.25, -0.2) is 4.79 Å². The normalized spacial score (nSPS) is 24.4. The molecular formula is C19H26O4. The van der Waals surface area contributed by atoms with Crippen molar-refractivity contribution in [3.63, 3.8) is 0 Å². The van der Waals surface area contributed by atoms with Crippen LogP contribution in [0.1, 0.15) is 44.9 Å². The Morgan fingerprint density at radius 1 is 1.09 bits per heavy atom. The second-order valence-electron chi connectivity index (χ2n) is 6.68. The van der Waals surface area contributed by atoms with Crippen LogP contribution in [0.3, 0.4) is 0 Å². The maximum absolute atomic E-state index is 12.1. The number of carbonyl (C=O) groups excluding carboxylic acids is 1. The Morgan fingerprint density at radius 3 is 2.61 bits per heavy atom. The lowest BCUT2D eigenvalue weighted by Crippen LogP contribution is -2.15. The molecule has 2 fully saturated rings. The number of hydrogen-bond acceptors (Lipinski definition) is 4. The van der Waals surface area contributed by atoms with Crippen molar-refractivity contribution in [2.75, 3.05) is 19.8 Å². The molecule has 0 aromatic carbocycles. The van der Waals surface area contributed by atoms with Crippen molar-refractivity contribution in [3.8, 4) is 0 Å². The first-order valence-corrected chi connectivity index (χ1v) is 8.73. The van der Waals surface area contributed by atoms with Crippen LogP contribution in [-0.2, 0) is 19.0 Å². The molecule has 2 aliphatic carbocycles. The zero-order chi connectivity index (χ0) is 16.1. The van der Waals surface area contributed by atoms with Gasteiger partial charge in [-0.3, -0.25) is 0 Å². The minimum absolute atomic E-state index is 0.178. The van der Waals surface area contributed by atoms with Crippen LogP contribution < -0.4 is 0 Å². The summed E-state index contributed by atoms with van der Waals surface area (Å²) < 4.78 is 16.7. The van der Waals surface area contributed by atoms with Gasteiger partial charge in [-0.15, -0.1) is 0 Å². The van der Waals surface area contributed by atoms with E-state index in [1.165, 1.54) is 25.7 Å². The van der Waals surface area contributed by atoms with Crippen molar-refractivity contribution < 1.29 is 19.0 Å². The van der Waals surface area contributed by atoms with Gasteiger partial charge in [0.2, 0.25) is 0 Å². The van der Waals surface area contributed by atoms with E-state index in [-0.39, 0.29) is 12.1 Å². The van der Waals surface area contributed by atoms with E-state index in [4.69, 9.17) is 14.2 Å². The van der Waals surface area contributed by atoms with Crippen molar-refractivity contribution in [1.29, 1.82) is 0 Å². The maximum Gasteiger partial charge on any atom is 0.334 e. The molecule has 3 aliphatic rings. The summed E-state index contributed by atoms with van der Waals surface area (Å²) in [6.45, 7) is 5.89. The van der Waals surface area contributed by atoms with Gasteiger partial charge < -0.3 is 14.2 Å². The Hall–Kier alpha value is -1.55. The van der Waals surface area contributed by atoms with Crippen LogP contribution in [0.15, 0.2) is 35.6 Å². The van der Waals surface area contributed by atoms with E-state index < -0.39 is 0 Å². The monoisotopic (exact) mass is 318 g/mol. The molecule has 1 atom stereocenters. The molecule has 1 aliphatic heterocycles. The first kappa shape index (κ1) is 16.3. The summed E-state index contributed by atoms with van der Waals surface area (Å²) in [7, 11) is 0. The molecule has 1 unspecified atom stereocenters. The topological polar surface area (TPSA) is 44.8 Å². The number of allylic oxidation sites excluding steroid dienone is 3. The van der Waals surface area contributed by atoms with Crippen molar-refractivity contribution in [1.82, 2.24) is 0 Å². The lowest BCUT2D eigenvalue weighted by molar-refractivity contribution is -0.140. The number of hydrogen-bond donors (Lipinski definition) is 0. The second kappa shape index (κ2) is 7.82. The maximum atomic E-state index is 12.1. The first-order chi connectivity index (χ1) is 11.2. The van der Waals surface area contributed by atoms with E-state index in [0.717, 1.165) is 25.0 Å². The quantitative estimate of drug-likeness (QED) is 0.530. The van der Waals surface area contributed by atoms with Crippen LogP contribution >= 0.6 is 0 Å². The predicted molar refractivity (Wildman–Crippen MR) is 87.8 cm³/mol. The Morgan fingerprint density at radius 2 is 1.87 bits per heavy atom. The highest BCUT2D eigenvalue weighted by atomic mass is 16.5. The van der Waals surface area contributed by atoms with E-state index in [1.807, 2.05) is 12.2 Å². The van der Waals surface area contributed by atoms with E-state index in [2.05, 4.69) is 6.58 Å². The Balaban J connectivity index is 1.37. The third-order valence-corrected chi connectivity index (χ3v) is 4.88. The summed E-state index contributed by atoms with van der Waals surface area (Å²) in [4.78, 5) is 12.1. The molecule has 4 nitrogen and oxygen atoms in total. The van der Waals surface area contributed by atoms with Crippen LogP contribution in [0, 0.1) is 5.92 Å². The lowest BCUT2D eigenvalue weighted by atomic mass is 10.1. The van der Waals surface area contributed by atoms with E-state index in [9.17, 15) is 4.79 Å². The largest absolute Gasteiger partial charge is 0.491 e. The number of carbonyl (C=O) groups is 1. The standard InChI is InChI=1S/C19H26O4/c1-14(22-13-18-7-4-10-21-18)16-8-9-17(11-16)19(20)23-12-15-5-2-3-6-15/h8-9,15,18H,1-7,10-13H2. The molecule has 1 saturated carbocycles. The molecule has 23 heavy (non-hydrogen) atoms. The van der Waals surface area contributed by atoms with E-state index >= 15 is 0 Å². The molecular weight excluding hydrogens is 292 g/mol. The molecule has 4 heteroatoms. The number of rotatable bonds is 7. The smallest absolute Gasteiger partial charge is 0.334 e. The zero-order valence-corrected chi connectivity index (χ0v) is 13.7. The zero-order valence-electron chi connectivity index (χ0n) is 13.7. The lowest BCUT2D eigenvalue weighted by Gasteiger charge is -2.15. The van der Waals surface area contributed by atoms with Crippen LogP contribution in [0.25, 0.3) is 0 Å². The van der Waals surface area contributed by atoms with Crippen LogP contribution in [-0.4, -0.2) is 31.9 Å². The molecule has 0 spiro atoms. The van der Waals surface area contributed by atoms with Crippen LogP contribution in [0.2, 0.25) is 0 Å². The molecule has 0 radical (unpaired) electrons. The fourth-order valence-corrected chi connectivity index (χ4v) is 3.38. The summed E-state index contributed by atoms with van der Waals surface area (Å²) in [6.07, 6.45) is 11.5. The fourth-order valence-electron chi connectivity index (χ4n) is 3.38. The van der Waals surface area contributed by atoms with Crippen LogP contribution in [0.4, 0.5) is 0 Å². The van der Waals surface area contributed by atoms with Crippen molar-refractivity contribution >= 4 is 5.97 Å². The van der Waals surface area contributed by atoms with Gasteiger partial charge in [0.25, 0.3) is 0 Å². The Labute approximate surface area is 138 Å². The average molecular weight is 318 g/mol. The van der Waals surface area contributed by atoms with Crippen LogP contribution in [0.5, 0.6) is 0 Å². The molecule has 0 aromatic heterocycles. The highest BCUT2D eigenvalue weighted by molar-refractivity contribution is 5.90. The third-order valence-electron chi connectivity index (χ3n) is 4.88. The van der Waals surface area contributed by atoms with Gasteiger partial charge in [-0.1, -0.05) is 31.6 Å². The van der Waals surface area contributed by atoms with Gasteiger partial charge in [0.1, 0.15) is 12.4 Å². The fraction of sp³-hybridized carbons (Fsp3) is 0.632. The molecule has 0 bridgehead atoms. The Bertz CT molecular complexity index is 459. The Kier molecular flexibility index (Phi) is 5.55. The molecule has 1 saturated heterocycles. The van der Waals surface area contributed by atoms with Gasteiger partial charge in [0.05, 0.1) is 12.7 Å². The van der Waals surface area contributed by atoms with Crippen molar-refractivity contribution in [3.05, 3.63) is 35.6 Å². The SMILES string of the molecule is C=C(OCC1CCCO1)C1=CC=C(C(=O)OCC2CCCC2)C1. The summed E-state index contributed by atoms with van der Waals surface area (Å²) in [5.74, 6) is 0.989. The van der Waals surface area contributed by atoms with Crippen molar-refractivity contribution in [2.45, 2.75) is 51.0 Å². The molecule has 3 rings (SSSR count). The molecule has 1 heterocycles. The van der Waals surface area contributed by atoms with Gasteiger partial charge in [-0.05, 0) is 37.2 Å². The molecule has 126 valence electrons. The third kappa shape index (κ3) is 4.47. The summed E-state index contributed by atoms with van der Waals surface area (Å²) in [6, 6.07) is 0. The summed E-state index contributed by atoms with van der Waals surface area (Å²) in [5, 5.41) is 0. The molecule has 0 amide bonds. The van der Waals surface area contributed by atoms with E-state index in [1.54, 1.807) is 0 Å². The molecule has 0 aromatic rings. The minimum Gasteiger partial charge on any atom is -0.491 e. The van der Waals surface area contributed by atoms with E-state index in [0.29, 0.717) is 36.9 Å². The van der Waals surface area contributed by atoms with Gasteiger partial charge in [0.15, 0.2) is 0 Å². The summed E-state index contributed by atoms with van der Waals surface area (Å²) >= 11 is 0. The predicted octanol–water partition coefficient (Wildman–Crippen LogP) is 3.69. The first-order valence-electron chi connectivity index (χ1n) is 8.73. The van der Waals surface area contributed by atoms with Gasteiger partial charge in [0, 0.05) is 18.6 Å². The number of ether oxygens (including phenoxy) is 3. The minimum atomic E-state index is -0.199. The highest BCUT2D eigenvalue weighted by Crippen LogP contribution is 2.28. The molecule has 0 N–H and O–H groups in total. The van der Waals surface area contributed by atoms with Crippen molar-refractivity contribution in [2.24, 2.45) is 5.92 Å². The average Bonchev–Trinajstić information content (AvgIpc) is 3.32. The highest BCUT2D eigenvalue weighted by Gasteiger charge is 2.23. The number of esters is 1. The second-order valence-corrected chi connectivity index (χ2v) is 6.68.